The van der Waals surface area contributed by atoms with Crippen molar-refractivity contribution < 1.29 is 5.11 Å². The first kappa shape index (κ1) is 6.85. The summed E-state index contributed by atoms with van der Waals surface area (Å²) in [5.74, 6) is 5.18. The molecule has 10 heavy (non-hydrogen) atoms. The molecule has 1 heteroatoms. The number of benzene rings is 1. The molecule has 0 aromatic heterocycles. The topological polar surface area (TPSA) is 20.2 Å². The van der Waals surface area contributed by atoms with E-state index in [1.165, 1.54) is 0 Å². The van der Waals surface area contributed by atoms with Crippen LogP contribution < -0.4 is 0 Å². The summed E-state index contributed by atoms with van der Waals surface area (Å²) in [5, 5.41) is 8.23. The third-order valence-corrected chi connectivity index (χ3v) is 1.05. The van der Waals surface area contributed by atoms with E-state index in [0.29, 0.717) is 0 Å². The van der Waals surface area contributed by atoms with Gasteiger partial charge in [-0.1, -0.05) is 30.0 Å². The third-order valence-electron chi connectivity index (χ3n) is 1.05. The minimum Gasteiger partial charge on any atom is -0.377 e. The van der Waals surface area contributed by atoms with Gasteiger partial charge in [0.2, 0.25) is 0 Å². The molecule has 0 amide bonds. The first-order valence-electron chi connectivity index (χ1n) is 2.96. The maximum absolute atomic E-state index is 8.23. The lowest BCUT2D eigenvalue weighted by atomic mass is 10.2. The minimum absolute atomic E-state index is 0.840. The van der Waals surface area contributed by atoms with Crippen LogP contribution in [0.5, 0.6) is 0 Å². The van der Waals surface area contributed by atoms with Crippen molar-refractivity contribution in [2.24, 2.45) is 0 Å². The number of rotatable bonds is 0. The summed E-state index contributed by atoms with van der Waals surface area (Å²) in [7, 11) is 0. The van der Waals surface area contributed by atoms with Gasteiger partial charge in [0, 0.05) is 5.56 Å². The quantitative estimate of drug-likeness (QED) is 0.530. The van der Waals surface area contributed by atoms with Crippen molar-refractivity contribution in [1.82, 2.24) is 0 Å². The zero-order chi connectivity index (χ0) is 7.23. The van der Waals surface area contributed by atoms with Gasteiger partial charge >= 0.3 is 0 Å². The van der Waals surface area contributed by atoms with E-state index in [1.807, 2.05) is 30.3 Å². The van der Waals surface area contributed by atoms with E-state index in [-0.39, 0.29) is 0 Å². The van der Waals surface area contributed by atoms with E-state index in [4.69, 9.17) is 5.11 Å². The number of aliphatic hydroxyl groups excluding tert-OH is 1. The molecule has 0 unspecified atom stereocenters. The lowest BCUT2D eigenvalue weighted by Crippen LogP contribution is -1.70. The molecule has 1 rings (SSSR count). The lowest BCUT2D eigenvalue weighted by molar-refractivity contribution is 0.427. The molecule has 1 radical (unpaired) electrons. The Bertz CT molecular complexity index is 240. The van der Waals surface area contributed by atoms with E-state index in [0.717, 1.165) is 12.2 Å². The van der Waals surface area contributed by atoms with Gasteiger partial charge in [0.15, 0.2) is 6.61 Å². The summed E-state index contributed by atoms with van der Waals surface area (Å²) in [6.07, 6.45) is 0. The normalized spacial score (nSPS) is 8.10. The van der Waals surface area contributed by atoms with Crippen molar-refractivity contribution in [2.75, 3.05) is 0 Å². The van der Waals surface area contributed by atoms with Crippen molar-refractivity contribution in [3.05, 3.63) is 42.5 Å². The second-order valence-corrected chi connectivity index (χ2v) is 1.76. The Morgan fingerprint density at radius 1 is 1.20 bits per heavy atom. The summed E-state index contributed by atoms with van der Waals surface area (Å²) in [5.41, 5.74) is 0.910. The van der Waals surface area contributed by atoms with Gasteiger partial charge in [0.05, 0.1) is 0 Å². The van der Waals surface area contributed by atoms with Crippen molar-refractivity contribution in [2.45, 2.75) is 0 Å². The molecule has 0 saturated heterocycles. The van der Waals surface area contributed by atoms with Crippen molar-refractivity contribution in [3.63, 3.8) is 0 Å². The first-order valence-corrected chi connectivity index (χ1v) is 2.96. The fourth-order valence-corrected chi connectivity index (χ4v) is 0.637. The molecule has 0 spiro atoms. The highest BCUT2D eigenvalue weighted by Gasteiger charge is 1.78. The number of hydrogen-bond acceptors (Lipinski definition) is 1. The Hall–Kier alpha value is -1.26. The van der Waals surface area contributed by atoms with E-state index in [9.17, 15) is 0 Å². The van der Waals surface area contributed by atoms with Crippen LogP contribution in [-0.4, -0.2) is 5.11 Å². The predicted octanol–water partition coefficient (Wildman–Crippen LogP) is 1.57. The standard InChI is InChI=1S/C9H7O/c10-8-4-7-9-5-2-1-3-6-9/h1-3,5-6,8,10H. The van der Waals surface area contributed by atoms with Crippen LogP contribution in [0, 0.1) is 18.4 Å². The van der Waals surface area contributed by atoms with Crippen LogP contribution in [0.2, 0.25) is 0 Å². The Morgan fingerprint density at radius 3 is 2.50 bits per heavy atom. The summed E-state index contributed by atoms with van der Waals surface area (Å²) >= 11 is 0. The molecule has 0 aliphatic carbocycles. The SMILES string of the molecule is O[CH]C#Cc1ccccc1. The van der Waals surface area contributed by atoms with Crippen molar-refractivity contribution >= 4 is 0 Å². The van der Waals surface area contributed by atoms with Crippen LogP contribution in [0.25, 0.3) is 0 Å². The minimum atomic E-state index is 0.840. The molecule has 0 saturated carbocycles. The molecule has 1 aromatic carbocycles. The van der Waals surface area contributed by atoms with Crippen LogP contribution in [0.4, 0.5) is 0 Å². The van der Waals surface area contributed by atoms with E-state index in [2.05, 4.69) is 11.8 Å². The largest absolute Gasteiger partial charge is 0.377 e. The molecule has 1 aromatic rings. The molecule has 0 aliphatic rings. The van der Waals surface area contributed by atoms with E-state index in [1.54, 1.807) is 0 Å². The van der Waals surface area contributed by atoms with Gasteiger partial charge in [0.25, 0.3) is 0 Å². The molecule has 1 nitrogen and oxygen atoms in total. The molecular formula is C9H7O. The predicted molar refractivity (Wildman–Crippen MR) is 39.6 cm³/mol. The monoisotopic (exact) mass is 131 g/mol. The van der Waals surface area contributed by atoms with Gasteiger partial charge in [-0.3, -0.25) is 0 Å². The Balaban J connectivity index is 2.76. The highest BCUT2D eigenvalue weighted by Crippen LogP contribution is 1.94. The molecule has 0 atom stereocenters. The third kappa shape index (κ3) is 1.93. The van der Waals surface area contributed by atoms with Gasteiger partial charge < -0.3 is 5.11 Å². The summed E-state index contributed by atoms with van der Waals surface area (Å²) in [6, 6.07) is 9.50. The van der Waals surface area contributed by atoms with Crippen LogP contribution >= 0.6 is 0 Å². The van der Waals surface area contributed by atoms with Crippen LogP contribution in [0.3, 0.4) is 0 Å². The second kappa shape index (κ2) is 3.71. The van der Waals surface area contributed by atoms with E-state index < -0.39 is 0 Å². The van der Waals surface area contributed by atoms with Crippen molar-refractivity contribution in [1.29, 1.82) is 0 Å². The molecule has 0 fully saturated rings. The molecule has 0 heterocycles. The van der Waals surface area contributed by atoms with Gasteiger partial charge in [-0.05, 0) is 12.1 Å². The fraction of sp³-hybridized carbons (Fsp3) is 0. The van der Waals surface area contributed by atoms with Gasteiger partial charge in [-0.15, -0.1) is 0 Å². The first-order chi connectivity index (χ1) is 4.93. The molecular weight excluding hydrogens is 124 g/mol. The second-order valence-electron chi connectivity index (χ2n) is 1.76. The van der Waals surface area contributed by atoms with Gasteiger partial charge in [-0.2, -0.15) is 0 Å². The molecule has 0 aliphatic heterocycles. The summed E-state index contributed by atoms with van der Waals surface area (Å²) < 4.78 is 0. The zero-order valence-electron chi connectivity index (χ0n) is 5.41. The average molecular weight is 131 g/mol. The zero-order valence-corrected chi connectivity index (χ0v) is 5.41. The maximum atomic E-state index is 8.23. The fourth-order valence-electron chi connectivity index (χ4n) is 0.637. The average Bonchev–Trinajstić information content (AvgIpc) is 2.03. The number of hydrogen-bond donors (Lipinski definition) is 1. The Kier molecular flexibility index (Phi) is 2.54. The molecule has 0 bridgehead atoms. The lowest BCUT2D eigenvalue weighted by Gasteiger charge is -1.84. The summed E-state index contributed by atoms with van der Waals surface area (Å²) in [6.45, 7) is 0.840. The van der Waals surface area contributed by atoms with Crippen LogP contribution in [-0.2, 0) is 0 Å². The number of aliphatic hydroxyl groups is 1. The van der Waals surface area contributed by atoms with Crippen LogP contribution in [0.1, 0.15) is 5.56 Å². The van der Waals surface area contributed by atoms with E-state index >= 15 is 0 Å². The smallest absolute Gasteiger partial charge is 0.152 e. The van der Waals surface area contributed by atoms with Gasteiger partial charge in [0.1, 0.15) is 0 Å². The Morgan fingerprint density at radius 2 is 1.90 bits per heavy atom. The molecule has 49 valence electrons. The highest BCUT2D eigenvalue weighted by molar-refractivity contribution is 5.34. The van der Waals surface area contributed by atoms with Crippen LogP contribution in [0.15, 0.2) is 30.3 Å². The summed E-state index contributed by atoms with van der Waals surface area (Å²) in [4.78, 5) is 0. The highest BCUT2D eigenvalue weighted by atomic mass is 16.2. The van der Waals surface area contributed by atoms with Gasteiger partial charge in [-0.25, -0.2) is 0 Å². The maximum Gasteiger partial charge on any atom is 0.152 e. The van der Waals surface area contributed by atoms with Crippen molar-refractivity contribution in [3.8, 4) is 11.8 Å². The molecule has 1 N–H and O–H groups in total. The Labute approximate surface area is 60.3 Å².